The van der Waals surface area contributed by atoms with E-state index in [9.17, 15) is 14.4 Å². The molecule has 2 heterocycles. The molecule has 44 heavy (non-hydrogen) atoms. The van der Waals surface area contributed by atoms with Crippen LogP contribution in [0.25, 0.3) is 0 Å². The van der Waals surface area contributed by atoms with E-state index in [-0.39, 0.29) is 35.3 Å². The van der Waals surface area contributed by atoms with Gasteiger partial charge in [0.2, 0.25) is 5.78 Å². The number of hydrogen-bond acceptors (Lipinski definition) is 8. The van der Waals surface area contributed by atoms with E-state index in [1.807, 2.05) is 25.2 Å². The highest BCUT2D eigenvalue weighted by Crippen LogP contribution is 2.59. The largest absolute Gasteiger partial charge is 0.456 e. The Morgan fingerprint density at radius 2 is 1.89 bits per heavy atom. The number of carbonyl (C=O) groups is 3. The first kappa shape index (κ1) is 31.5. The summed E-state index contributed by atoms with van der Waals surface area (Å²) in [6, 6.07) is 6.39. The second-order valence-corrected chi connectivity index (χ2v) is 12.5. The molecule has 0 radical (unpaired) electrons. The van der Waals surface area contributed by atoms with Gasteiger partial charge in [0.25, 0.3) is 5.60 Å². The van der Waals surface area contributed by atoms with E-state index < -0.39 is 28.6 Å². The lowest BCUT2D eigenvalue weighted by molar-refractivity contribution is -0.164. The highest BCUT2D eigenvalue weighted by molar-refractivity contribution is 6.32. The standard InChI is InChI=1S/C34H45N5O5/c1-4-5-8-15-32(16-9-10-17-32)43-30(42)34-29(41)25-12-7-6-11-24(25)28(40)33(34,44-34)18-13-22(2)20-26(39-31(36)37-3)23-14-19-38-27(35)21-23/h6-7,11-14,21,26,38H,4-5,8-10,15-20,35H2,1-3H3,(H3,36,37,39). The Morgan fingerprint density at radius 1 is 1.18 bits per heavy atom. The molecule has 2 aliphatic carbocycles. The Labute approximate surface area is 259 Å². The zero-order chi connectivity index (χ0) is 31.5. The minimum atomic E-state index is -1.98. The van der Waals surface area contributed by atoms with E-state index in [0.717, 1.165) is 62.5 Å². The van der Waals surface area contributed by atoms with Crippen LogP contribution in [0, 0.1) is 0 Å². The van der Waals surface area contributed by atoms with Crippen LogP contribution >= 0.6 is 0 Å². The molecule has 0 bridgehead atoms. The number of rotatable bonds is 12. The van der Waals surface area contributed by atoms with Crippen molar-refractivity contribution in [2.24, 2.45) is 16.5 Å². The third-order valence-electron chi connectivity index (χ3n) is 9.50. The summed E-state index contributed by atoms with van der Waals surface area (Å²) in [6.45, 7) is 4.66. The average Bonchev–Trinajstić information content (AvgIpc) is 3.54. The van der Waals surface area contributed by atoms with Crippen molar-refractivity contribution in [1.82, 2.24) is 10.6 Å². The Bertz CT molecular complexity index is 1440. The molecule has 2 aliphatic heterocycles. The molecule has 1 saturated carbocycles. The summed E-state index contributed by atoms with van der Waals surface area (Å²) in [7, 11) is 1.61. The number of nitrogens with one attached hydrogen (secondary N) is 2. The minimum Gasteiger partial charge on any atom is -0.456 e. The Balaban J connectivity index is 1.43. The van der Waals surface area contributed by atoms with Crippen LogP contribution in [0.4, 0.5) is 0 Å². The van der Waals surface area contributed by atoms with E-state index in [1.54, 1.807) is 31.3 Å². The lowest BCUT2D eigenvalue weighted by Crippen LogP contribution is -2.52. The number of benzene rings is 1. The van der Waals surface area contributed by atoms with Crippen molar-refractivity contribution in [3.8, 4) is 0 Å². The molecule has 2 fully saturated rings. The van der Waals surface area contributed by atoms with Crippen molar-refractivity contribution in [1.29, 1.82) is 0 Å². The fourth-order valence-corrected chi connectivity index (χ4v) is 6.96. The molecule has 1 aromatic carbocycles. The lowest BCUT2D eigenvalue weighted by Gasteiger charge is -2.32. The van der Waals surface area contributed by atoms with Crippen LogP contribution in [0.1, 0.15) is 98.8 Å². The van der Waals surface area contributed by atoms with Gasteiger partial charge in [0.15, 0.2) is 17.3 Å². The molecular formula is C34H45N5O5. The number of unbranched alkanes of at least 4 members (excludes halogenated alkanes) is 2. The smallest absolute Gasteiger partial charge is 0.350 e. The second-order valence-electron chi connectivity index (χ2n) is 12.5. The van der Waals surface area contributed by atoms with Crippen molar-refractivity contribution in [3.05, 3.63) is 70.6 Å². The average molecular weight is 604 g/mol. The number of Topliss-reactive ketones (excluding diaryl/α,β-unsaturated/α-hetero) is 2. The van der Waals surface area contributed by atoms with Crippen molar-refractivity contribution in [3.63, 3.8) is 0 Å². The van der Waals surface area contributed by atoms with E-state index in [1.165, 1.54) is 0 Å². The molecule has 10 heteroatoms. The molecule has 0 spiro atoms. The lowest BCUT2D eigenvalue weighted by atomic mass is 9.72. The molecule has 3 atom stereocenters. The van der Waals surface area contributed by atoms with Gasteiger partial charge in [-0.3, -0.25) is 14.6 Å². The van der Waals surface area contributed by atoms with Gasteiger partial charge in [-0.2, -0.15) is 0 Å². The molecule has 236 valence electrons. The number of carbonyl (C=O) groups excluding carboxylic acids is 3. The summed E-state index contributed by atoms with van der Waals surface area (Å²) < 4.78 is 12.4. The maximum absolute atomic E-state index is 14.1. The number of ketones is 2. The topological polar surface area (TPSA) is 161 Å². The minimum absolute atomic E-state index is 0.0539. The number of nitrogens with two attached hydrogens (primary N) is 2. The maximum atomic E-state index is 14.1. The fourth-order valence-electron chi connectivity index (χ4n) is 6.96. The van der Waals surface area contributed by atoms with Crippen molar-refractivity contribution < 1.29 is 23.9 Å². The number of esters is 1. The van der Waals surface area contributed by atoms with Crippen molar-refractivity contribution >= 4 is 23.5 Å². The van der Waals surface area contributed by atoms with Gasteiger partial charge in [0, 0.05) is 31.1 Å². The number of epoxide rings is 1. The number of guanidine groups is 1. The highest BCUT2D eigenvalue weighted by Gasteiger charge is 2.85. The number of nitrogens with zero attached hydrogens (tertiary/aromatic N) is 1. The molecule has 3 unspecified atom stereocenters. The Kier molecular flexibility index (Phi) is 9.02. The van der Waals surface area contributed by atoms with Gasteiger partial charge in [-0.1, -0.05) is 61.8 Å². The van der Waals surface area contributed by atoms with Crippen LogP contribution < -0.4 is 22.1 Å². The summed E-state index contributed by atoms with van der Waals surface area (Å²) in [5.74, 6) is -0.770. The zero-order valence-electron chi connectivity index (χ0n) is 26.0. The van der Waals surface area contributed by atoms with Crippen LogP contribution in [0.3, 0.4) is 0 Å². The SMILES string of the molecule is CCCCCC1(OC(=O)C23OC2(CC=C(C)CC(NC(N)=NC)C2=CCNC(N)=C2)C(=O)c2ccccc2C3=O)CCCC1. The number of hydrogen-bond donors (Lipinski definition) is 4. The number of fused-ring (bicyclic) bond motifs is 2. The molecular weight excluding hydrogens is 558 g/mol. The number of ether oxygens (including phenoxy) is 2. The number of aliphatic imine (C=N–C) groups is 1. The first-order valence-corrected chi connectivity index (χ1v) is 15.8. The molecule has 4 aliphatic rings. The highest BCUT2D eigenvalue weighted by atomic mass is 16.7. The first-order chi connectivity index (χ1) is 21.1. The van der Waals surface area contributed by atoms with Crippen LogP contribution in [-0.2, 0) is 14.3 Å². The normalized spacial score (nSPS) is 26.5. The zero-order valence-corrected chi connectivity index (χ0v) is 26.0. The van der Waals surface area contributed by atoms with E-state index in [4.69, 9.17) is 20.9 Å². The van der Waals surface area contributed by atoms with Crippen LogP contribution in [0.15, 0.2) is 64.5 Å². The molecule has 5 rings (SSSR count). The van der Waals surface area contributed by atoms with E-state index in [2.05, 4.69) is 22.5 Å². The maximum Gasteiger partial charge on any atom is 0.350 e. The van der Waals surface area contributed by atoms with Gasteiger partial charge < -0.3 is 31.6 Å². The number of dihydropyridines is 1. The van der Waals surface area contributed by atoms with Gasteiger partial charge in [0.05, 0.1) is 11.9 Å². The fraction of sp³-hybridized carbons (Fsp3) is 0.529. The third-order valence-corrected chi connectivity index (χ3v) is 9.50. The summed E-state index contributed by atoms with van der Waals surface area (Å²) in [6.07, 6.45) is 13.5. The van der Waals surface area contributed by atoms with Crippen LogP contribution in [-0.4, -0.2) is 59.9 Å². The molecule has 1 aromatic rings. The summed E-state index contributed by atoms with van der Waals surface area (Å²) in [5, 5.41) is 6.30. The van der Waals surface area contributed by atoms with Crippen molar-refractivity contribution in [2.75, 3.05) is 13.6 Å². The van der Waals surface area contributed by atoms with Gasteiger partial charge in [0.1, 0.15) is 5.60 Å². The molecule has 10 nitrogen and oxygen atoms in total. The molecule has 0 aromatic heterocycles. The predicted molar refractivity (Wildman–Crippen MR) is 169 cm³/mol. The summed E-state index contributed by atoms with van der Waals surface area (Å²) in [5.41, 5.74) is 10.1. The van der Waals surface area contributed by atoms with Crippen LogP contribution in [0.5, 0.6) is 0 Å². The summed E-state index contributed by atoms with van der Waals surface area (Å²) >= 11 is 0. The van der Waals surface area contributed by atoms with E-state index in [0.29, 0.717) is 18.8 Å². The quantitative estimate of drug-likeness (QED) is 0.0527. The first-order valence-electron chi connectivity index (χ1n) is 15.8. The van der Waals surface area contributed by atoms with Gasteiger partial charge in [-0.25, -0.2) is 4.79 Å². The Morgan fingerprint density at radius 3 is 2.55 bits per heavy atom. The summed E-state index contributed by atoms with van der Waals surface area (Å²) in [4.78, 5) is 46.3. The molecule has 1 saturated heterocycles. The predicted octanol–water partition coefficient (Wildman–Crippen LogP) is 3.97. The van der Waals surface area contributed by atoms with E-state index >= 15 is 0 Å². The van der Waals surface area contributed by atoms with Gasteiger partial charge in [-0.15, -0.1) is 0 Å². The van der Waals surface area contributed by atoms with Gasteiger partial charge in [-0.05, 0) is 63.5 Å². The third kappa shape index (κ3) is 5.67. The monoisotopic (exact) mass is 603 g/mol. The van der Waals surface area contributed by atoms with Crippen molar-refractivity contribution in [2.45, 2.75) is 101 Å². The molecule has 6 N–H and O–H groups in total. The Hall–Kier alpha value is -3.92. The van der Waals surface area contributed by atoms with Gasteiger partial charge >= 0.3 is 5.97 Å². The molecule has 0 amide bonds. The van der Waals surface area contributed by atoms with Crippen LogP contribution in [0.2, 0.25) is 0 Å². The second kappa shape index (κ2) is 12.6.